The number of ether oxygens (including phenoxy) is 1. The van der Waals surface area contributed by atoms with Gasteiger partial charge >= 0.3 is 5.97 Å². The number of likely N-dealkylation sites (tertiary alicyclic amines) is 1. The van der Waals surface area contributed by atoms with E-state index < -0.39 is 5.97 Å². The Morgan fingerprint density at radius 3 is 2.41 bits per heavy atom. The maximum absolute atomic E-state index is 12.2. The third-order valence-electron chi connectivity index (χ3n) is 4.05. The summed E-state index contributed by atoms with van der Waals surface area (Å²) in [5.74, 6) is -0.547. The van der Waals surface area contributed by atoms with Crippen molar-refractivity contribution in [1.82, 2.24) is 10.2 Å². The van der Waals surface area contributed by atoms with Gasteiger partial charge in [-0.15, -0.1) is 0 Å². The van der Waals surface area contributed by atoms with Gasteiger partial charge in [0.25, 0.3) is 5.91 Å². The largest absolute Gasteiger partial charge is 0.465 e. The number of benzene rings is 1. The molecule has 0 spiro atoms. The third kappa shape index (κ3) is 2.95. The van der Waals surface area contributed by atoms with E-state index in [4.69, 9.17) is 0 Å². The molecule has 1 saturated heterocycles. The second-order valence-corrected chi connectivity index (χ2v) is 5.72. The van der Waals surface area contributed by atoms with Crippen LogP contribution in [0, 0.1) is 0 Å². The lowest BCUT2D eigenvalue weighted by Gasteiger charge is -2.16. The van der Waals surface area contributed by atoms with Gasteiger partial charge in [0.05, 0.1) is 18.7 Å². The maximum Gasteiger partial charge on any atom is 0.337 e. The highest BCUT2D eigenvalue weighted by molar-refractivity contribution is 5.96. The van der Waals surface area contributed by atoms with Crippen LogP contribution in [0.15, 0.2) is 24.3 Å². The van der Waals surface area contributed by atoms with Crippen LogP contribution in [0.1, 0.15) is 40.0 Å². The first-order valence-electron chi connectivity index (χ1n) is 7.37. The molecule has 3 rings (SSSR count). The van der Waals surface area contributed by atoms with Crippen molar-refractivity contribution in [2.45, 2.75) is 31.3 Å². The summed E-state index contributed by atoms with van der Waals surface area (Å²) >= 11 is 0. The number of amides is 2. The van der Waals surface area contributed by atoms with Crippen LogP contribution < -0.4 is 5.32 Å². The van der Waals surface area contributed by atoms with Crippen molar-refractivity contribution in [2.75, 3.05) is 13.7 Å². The van der Waals surface area contributed by atoms with Gasteiger partial charge in [0.1, 0.15) is 0 Å². The van der Waals surface area contributed by atoms with Crippen molar-refractivity contribution >= 4 is 17.8 Å². The van der Waals surface area contributed by atoms with Crippen LogP contribution in [0.4, 0.5) is 0 Å². The van der Waals surface area contributed by atoms with Crippen LogP contribution in [0.2, 0.25) is 0 Å². The molecule has 0 unspecified atom stereocenters. The average molecular weight is 302 g/mol. The molecule has 116 valence electrons. The molecule has 1 heterocycles. The highest BCUT2D eigenvalue weighted by Crippen LogP contribution is 2.30. The molecule has 6 nitrogen and oxygen atoms in total. The van der Waals surface area contributed by atoms with Crippen molar-refractivity contribution < 1.29 is 19.1 Å². The molecule has 1 aliphatic heterocycles. The summed E-state index contributed by atoms with van der Waals surface area (Å²) in [6.45, 7) is 0.593. The van der Waals surface area contributed by atoms with E-state index in [9.17, 15) is 14.4 Å². The van der Waals surface area contributed by atoms with Crippen LogP contribution in [-0.2, 0) is 9.53 Å². The van der Waals surface area contributed by atoms with Gasteiger partial charge in [0.2, 0.25) is 5.91 Å². The Balaban J connectivity index is 1.60. The molecule has 1 N–H and O–H groups in total. The fraction of sp³-hybridized carbons (Fsp3) is 0.438. The molecule has 0 aromatic heterocycles. The van der Waals surface area contributed by atoms with E-state index >= 15 is 0 Å². The average Bonchev–Trinajstić information content (AvgIpc) is 3.30. The summed E-state index contributed by atoms with van der Waals surface area (Å²) in [6.07, 6.45) is 2.51. The van der Waals surface area contributed by atoms with Gasteiger partial charge < -0.3 is 15.0 Å². The second-order valence-electron chi connectivity index (χ2n) is 5.72. The van der Waals surface area contributed by atoms with Crippen LogP contribution in [0.3, 0.4) is 0 Å². The zero-order valence-electron chi connectivity index (χ0n) is 12.4. The van der Waals surface area contributed by atoms with Crippen LogP contribution >= 0.6 is 0 Å². The molecule has 1 aliphatic carbocycles. The number of methoxy groups -OCH3 is 1. The SMILES string of the molecule is COC(=O)c1ccc(C(=O)N[C@H]2CC(=O)N(C3CC3)C2)cc1. The number of nitrogens with one attached hydrogen (secondary N) is 1. The standard InChI is InChI=1S/C16H18N2O4/c1-22-16(21)11-4-2-10(3-5-11)15(20)17-12-8-14(19)18(9-12)13-6-7-13/h2-5,12-13H,6-9H2,1H3,(H,17,20)/t12-/m0/s1. The lowest BCUT2D eigenvalue weighted by Crippen LogP contribution is -2.37. The van der Waals surface area contributed by atoms with Gasteiger partial charge in [0, 0.05) is 24.6 Å². The zero-order valence-corrected chi connectivity index (χ0v) is 12.4. The third-order valence-corrected chi connectivity index (χ3v) is 4.05. The summed E-state index contributed by atoms with van der Waals surface area (Å²) in [6, 6.07) is 6.51. The van der Waals surface area contributed by atoms with Crippen LogP contribution in [0.25, 0.3) is 0 Å². The number of rotatable bonds is 4. The number of nitrogens with zero attached hydrogens (tertiary/aromatic N) is 1. The molecule has 1 aromatic rings. The van der Waals surface area contributed by atoms with E-state index in [0.717, 1.165) is 12.8 Å². The van der Waals surface area contributed by atoms with Crippen LogP contribution in [0.5, 0.6) is 0 Å². The van der Waals surface area contributed by atoms with Gasteiger partial charge in [-0.3, -0.25) is 9.59 Å². The first-order chi connectivity index (χ1) is 10.6. The molecule has 6 heteroatoms. The predicted molar refractivity (Wildman–Crippen MR) is 78.4 cm³/mol. The Bertz CT molecular complexity index is 607. The monoisotopic (exact) mass is 302 g/mol. The fourth-order valence-electron chi connectivity index (χ4n) is 2.71. The van der Waals surface area contributed by atoms with E-state index in [2.05, 4.69) is 10.1 Å². The second kappa shape index (κ2) is 5.79. The van der Waals surface area contributed by atoms with E-state index in [-0.39, 0.29) is 17.9 Å². The normalized spacial score (nSPS) is 20.9. The molecule has 1 saturated carbocycles. The maximum atomic E-state index is 12.2. The quantitative estimate of drug-likeness (QED) is 0.841. The number of carbonyl (C=O) groups is 3. The minimum atomic E-state index is -0.437. The van der Waals surface area contributed by atoms with E-state index in [0.29, 0.717) is 30.1 Å². The Morgan fingerprint density at radius 1 is 1.18 bits per heavy atom. The topological polar surface area (TPSA) is 75.7 Å². The molecule has 2 amide bonds. The van der Waals surface area contributed by atoms with Crippen LogP contribution in [-0.4, -0.2) is 48.4 Å². The summed E-state index contributed by atoms with van der Waals surface area (Å²) < 4.78 is 4.61. The summed E-state index contributed by atoms with van der Waals surface area (Å²) in [5, 5.41) is 2.88. The van der Waals surface area contributed by atoms with Gasteiger partial charge in [-0.2, -0.15) is 0 Å². The molecule has 0 radical (unpaired) electrons. The van der Waals surface area contributed by atoms with Crippen molar-refractivity contribution in [2.24, 2.45) is 0 Å². The number of hydrogen-bond acceptors (Lipinski definition) is 4. The van der Waals surface area contributed by atoms with E-state index in [1.165, 1.54) is 7.11 Å². The Labute approximate surface area is 128 Å². The molecule has 2 aliphatic rings. The summed E-state index contributed by atoms with van der Waals surface area (Å²) in [7, 11) is 1.31. The van der Waals surface area contributed by atoms with Crippen molar-refractivity contribution in [3.8, 4) is 0 Å². The van der Waals surface area contributed by atoms with E-state index in [1.807, 2.05) is 4.90 Å². The Kier molecular flexibility index (Phi) is 3.83. The van der Waals surface area contributed by atoms with Gasteiger partial charge in [-0.05, 0) is 37.1 Å². The number of carbonyl (C=O) groups excluding carboxylic acids is 3. The van der Waals surface area contributed by atoms with Gasteiger partial charge in [-0.1, -0.05) is 0 Å². The lowest BCUT2D eigenvalue weighted by atomic mass is 10.1. The summed E-state index contributed by atoms with van der Waals surface area (Å²) in [5.41, 5.74) is 0.861. The number of hydrogen-bond donors (Lipinski definition) is 1. The molecule has 0 bridgehead atoms. The highest BCUT2D eigenvalue weighted by atomic mass is 16.5. The van der Waals surface area contributed by atoms with E-state index in [1.54, 1.807) is 24.3 Å². The minimum Gasteiger partial charge on any atom is -0.465 e. The minimum absolute atomic E-state index is 0.119. The summed E-state index contributed by atoms with van der Waals surface area (Å²) in [4.78, 5) is 37.3. The first-order valence-corrected chi connectivity index (χ1v) is 7.37. The highest BCUT2D eigenvalue weighted by Gasteiger charge is 2.39. The first kappa shape index (κ1) is 14.6. The molecule has 1 aromatic carbocycles. The van der Waals surface area contributed by atoms with Gasteiger partial charge in [0.15, 0.2) is 0 Å². The van der Waals surface area contributed by atoms with Crippen molar-refractivity contribution in [1.29, 1.82) is 0 Å². The Morgan fingerprint density at radius 2 is 1.82 bits per heavy atom. The molecular formula is C16H18N2O4. The fourth-order valence-corrected chi connectivity index (χ4v) is 2.71. The molecular weight excluding hydrogens is 284 g/mol. The molecule has 22 heavy (non-hydrogen) atoms. The smallest absolute Gasteiger partial charge is 0.337 e. The van der Waals surface area contributed by atoms with Gasteiger partial charge in [-0.25, -0.2) is 4.79 Å². The Hall–Kier alpha value is -2.37. The molecule has 1 atom stereocenters. The predicted octanol–water partition coefficient (Wildman–Crippen LogP) is 0.966. The van der Waals surface area contributed by atoms with Crippen molar-refractivity contribution in [3.05, 3.63) is 35.4 Å². The lowest BCUT2D eigenvalue weighted by molar-refractivity contribution is -0.128. The van der Waals surface area contributed by atoms with Crippen molar-refractivity contribution in [3.63, 3.8) is 0 Å². The number of esters is 1. The zero-order chi connectivity index (χ0) is 15.7. The molecule has 2 fully saturated rings.